The topological polar surface area (TPSA) is 59.6 Å². The van der Waals surface area contributed by atoms with Crippen LogP contribution in [0, 0.1) is 0 Å². The van der Waals surface area contributed by atoms with Crippen molar-refractivity contribution in [2.24, 2.45) is 10.7 Å². The third kappa shape index (κ3) is 3.19. The lowest BCUT2D eigenvalue weighted by atomic mass is 10.1. The van der Waals surface area contributed by atoms with Crippen molar-refractivity contribution >= 4 is 5.96 Å². The highest BCUT2D eigenvalue weighted by Crippen LogP contribution is 2.44. The zero-order valence-electron chi connectivity index (χ0n) is 11.3. The minimum absolute atomic E-state index is 0.336. The maximum Gasteiger partial charge on any atom is 0.189 e. The van der Waals surface area contributed by atoms with Gasteiger partial charge in [0.1, 0.15) is 5.75 Å². The molecular weight excluding hydrogens is 238 g/mol. The molecule has 3 N–H and O–H groups in total. The van der Waals surface area contributed by atoms with Crippen LogP contribution in [0.3, 0.4) is 0 Å². The third-order valence-electron chi connectivity index (χ3n) is 3.59. The molecule has 2 saturated carbocycles. The first kappa shape index (κ1) is 12.3. The van der Waals surface area contributed by atoms with Crippen LogP contribution in [-0.2, 0) is 0 Å². The number of hydrogen-bond donors (Lipinski definition) is 2. The van der Waals surface area contributed by atoms with Gasteiger partial charge in [0.2, 0.25) is 0 Å². The molecule has 0 aliphatic heterocycles. The number of rotatable bonds is 5. The van der Waals surface area contributed by atoms with Crippen molar-refractivity contribution < 1.29 is 4.74 Å². The summed E-state index contributed by atoms with van der Waals surface area (Å²) in [6, 6.07) is 9.22. The third-order valence-corrected chi connectivity index (χ3v) is 3.59. The van der Waals surface area contributed by atoms with Gasteiger partial charge in [-0.05, 0) is 43.9 Å². The van der Waals surface area contributed by atoms with Crippen LogP contribution in [0.15, 0.2) is 29.3 Å². The minimum Gasteiger partial charge on any atom is -0.494 e. The number of aliphatic imine (C=N–C) groups is 1. The van der Waals surface area contributed by atoms with Gasteiger partial charge in [-0.25, -0.2) is 4.99 Å². The number of nitrogens with two attached hydrogens (primary N) is 1. The highest BCUT2D eigenvalue weighted by molar-refractivity contribution is 5.79. The molecule has 19 heavy (non-hydrogen) atoms. The SMILES string of the molecule is CCOc1cccc([C@@H]2C[C@H]2N=C(N)NC2CC2)c1. The summed E-state index contributed by atoms with van der Waals surface area (Å²) >= 11 is 0. The highest BCUT2D eigenvalue weighted by atomic mass is 16.5. The van der Waals surface area contributed by atoms with Crippen molar-refractivity contribution in [2.45, 2.75) is 44.2 Å². The summed E-state index contributed by atoms with van der Waals surface area (Å²) < 4.78 is 5.53. The van der Waals surface area contributed by atoms with E-state index in [1.807, 2.05) is 19.1 Å². The van der Waals surface area contributed by atoms with Crippen LogP contribution in [0.2, 0.25) is 0 Å². The number of hydrogen-bond acceptors (Lipinski definition) is 2. The molecule has 102 valence electrons. The number of benzene rings is 1. The first-order valence-electron chi connectivity index (χ1n) is 7.09. The summed E-state index contributed by atoms with van der Waals surface area (Å²) in [5.41, 5.74) is 7.19. The lowest BCUT2D eigenvalue weighted by Crippen LogP contribution is -2.33. The van der Waals surface area contributed by atoms with Crippen LogP contribution in [0.1, 0.15) is 37.7 Å². The molecule has 3 rings (SSSR count). The van der Waals surface area contributed by atoms with Crippen molar-refractivity contribution in [2.75, 3.05) is 6.61 Å². The molecule has 1 aromatic carbocycles. The Morgan fingerprint density at radius 1 is 1.47 bits per heavy atom. The monoisotopic (exact) mass is 259 g/mol. The van der Waals surface area contributed by atoms with E-state index in [9.17, 15) is 0 Å². The van der Waals surface area contributed by atoms with Crippen molar-refractivity contribution in [3.63, 3.8) is 0 Å². The van der Waals surface area contributed by atoms with Gasteiger partial charge in [-0.2, -0.15) is 0 Å². The van der Waals surface area contributed by atoms with Crippen LogP contribution in [-0.4, -0.2) is 24.7 Å². The average Bonchev–Trinajstić information content (AvgIpc) is 3.27. The first-order valence-corrected chi connectivity index (χ1v) is 7.09. The predicted octanol–water partition coefficient (Wildman–Crippen LogP) is 2.01. The van der Waals surface area contributed by atoms with Crippen molar-refractivity contribution in [3.05, 3.63) is 29.8 Å². The second-order valence-corrected chi connectivity index (χ2v) is 5.35. The van der Waals surface area contributed by atoms with Gasteiger partial charge in [0, 0.05) is 12.0 Å². The molecule has 0 bridgehead atoms. The van der Waals surface area contributed by atoms with E-state index in [1.54, 1.807) is 0 Å². The van der Waals surface area contributed by atoms with Crippen molar-refractivity contribution in [3.8, 4) is 5.75 Å². The van der Waals surface area contributed by atoms with E-state index in [1.165, 1.54) is 18.4 Å². The van der Waals surface area contributed by atoms with Crippen LogP contribution in [0.25, 0.3) is 0 Å². The van der Waals surface area contributed by atoms with Crippen LogP contribution < -0.4 is 15.8 Å². The largest absolute Gasteiger partial charge is 0.494 e. The van der Waals surface area contributed by atoms with Gasteiger partial charge in [0.25, 0.3) is 0 Å². The highest BCUT2D eigenvalue weighted by Gasteiger charge is 2.39. The molecule has 1 aromatic rings. The smallest absolute Gasteiger partial charge is 0.189 e. The molecule has 4 nitrogen and oxygen atoms in total. The maximum absolute atomic E-state index is 5.89. The Kier molecular flexibility index (Phi) is 3.32. The van der Waals surface area contributed by atoms with E-state index < -0.39 is 0 Å². The van der Waals surface area contributed by atoms with Crippen molar-refractivity contribution in [1.82, 2.24) is 5.32 Å². The lowest BCUT2D eigenvalue weighted by molar-refractivity contribution is 0.340. The van der Waals surface area contributed by atoms with Gasteiger partial charge in [-0.3, -0.25) is 0 Å². The molecule has 0 saturated heterocycles. The fourth-order valence-electron chi connectivity index (χ4n) is 2.34. The number of guanidine groups is 1. The van der Waals surface area contributed by atoms with Crippen LogP contribution in [0.5, 0.6) is 5.75 Å². The molecule has 2 aliphatic carbocycles. The molecule has 0 amide bonds. The van der Waals surface area contributed by atoms with E-state index in [0.717, 1.165) is 12.2 Å². The maximum atomic E-state index is 5.89. The van der Waals surface area contributed by atoms with Gasteiger partial charge >= 0.3 is 0 Å². The quantitative estimate of drug-likeness (QED) is 0.628. The van der Waals surface area contributed by atoms with Crippen LogP contribution in [0.4, 0.5) is 0 Å². The Bertz CT molecular complexity index is 482. The number of ether oxygens (including phenoxy) is 1. The van der Waals surface area contributed by atoms with E-state index in [4.69, 9.17) is 10.5 Å². The zero-order chi connectivity index (χ0) is 13.2. The Morgan fingerprint density at radius 2 is 2.32 bits per heavy atom. The average molecular weight is 259 g/mol. The molecule has 2 atom stereocenters. The summed E-state index contributed by atoms with van der Waals surface area (Å²) in [7, 11) is 0. The van der Waals surface area contributed by atoms with E-state index >= 15 is 0 Å². The Balaban J connectivity index is 1.60. The summed E-state index contributed by atoms with van der Waals surface area (Å²) in [5.74, 6) is 2.05. The van der Waals surface area contributed by atoms with E-state index in [2.05, 4.69) is 22.4 Å². The summed E-state index contributed by atoms with van der Waals surface area (Å²) in [5, 5.41) is 3.23. The molecule has 0 aromatic heterocycles. The summed E-state index contributed by atoms with van der Waals surface area (Å²) in [4.78, 5) is 4.54. The van der Waals surface area contributed by atoms with E-state index in [-0.39, 0.29) is 0 Å². The molecule has 0 heterocycles. The molecule has 4 heteroatoms. The summed E-state index contributed by atoms with van der Waals surface area (Å²) in [6.07, 6.45) is 3.53. The standard InChI is InChI=1S/C15H21N3O/c1-2-19-12-5-3-4-10(8-12)13-9-14(13)18-15(16)17-11-6-7-11/h3-5,8,11,13-14H,2,6-7,9H2,1H3,(H3,16,17,18)/t13-,14+/m0/s1. The molecular formula is C15H21N3O. The fraction of sp³-hybridized carbons (Fsp3) is 0.533. The van der Waals surface area contributed by atoms with Gasteiger partial charge < -0.3 is 15.8 Å². The van der Waals surface area contributed by atoms with Gasteiger partial charge in [0.05, 0.1) is 12.6 Å². The van der Waals surface area contributed by atoms with Gasteiger partial charge in [-0.1, -0.05) is 12.1 Å². The Hall–Kier alpha value is -1.71. The Labute approximate surface area is 114 Å². The minimum atomic E-state index is 0.336. The lowest BCUT2D eigenvalue weighted by Gasteiger charge is -2.05. The van der Waals surface area contributed by atoms with Gasteiger partial charge in [-0.15, -0.1) is 0 Å². The second-order valence-electron chi connectivity index (χ2n) is 5.35. The zero-order valence-corrected chi connectivity index (χ0v) is 11.3. The number of nitrogens with one attached hydrogen (secondary N) is 1. The molecule has 2 fully saturated rings. The van der Waals surface area contributed by atoms with Crippen LogP contribution >= 0.6 is 0 Å². The molecule has 2 aliphatic rings. The summed E-state index contributed by atoms with van der Waals surface area (Å²) in [6.45, 7) is 2.70. The fourth-order valence-corrected chi connectivity index (χ4v) is 2.34. The normalized spacial score (nSPS) is 26.1. The first-order chi connectivity index (χ1) is 9.26. The molecule has 0 spiro atoms. The van der Waals surface area contributed by atoms with Gasteiger partial charge in [0.15, 0.2) is 5.96 Å². The molecule has 0 unspecified atom stereocenters. The second kappa shape index (κ2) is 5.11. The number of nitrogens with zero attached hydrogens (tertiary/aromatic N) is 1. The predicted molar refractivity (Wildman–Crippen MR) is 76.5 cm³/mol. The molecule has 0 radical (unpaired) electrons. The van der Waals surface area contributed by atoms with E-state index in [0.29, 0.717) is 30.6 Å². The van der Waals surface area contributed by atoms with Crippen molar-refractivity contribution in [1.29, 1.82) is 0 Å². The Morgan fingerprint density at radius 3 is 3.05 bits per heavy atom.